The summed E-state index contributed by atoms with van der Waals surface area (Å²) in [5, 5.41) is 6.98. The van der Waals surface area contributed by atoms with E-state index in [2.05, 4.69) is 15.7 Å². The van der Waals surface area contributed by atoms with Crippen LogP contribution in [0.15, 0.2) is 29.0 Å². The van der Waals surface area contributed by atoms with Crippen LogP contribution in [0.25, 0.3) is 0 Å². The summed E-state index contributed by atoms with van der Waals surface area (Å²) >= 11 is 1.64. The Bertz CT molecular complexity index is 671. The molecule has 0 atom stereocenters. The Balaban J connectivity index is 1.74. The number of rotatable bonds is 6. The number of hydrogen-bond donors (Lipinski definition) is 1. The highest BCUT2D eigenvalue weighted by Gasteiger charge is 2.33. The molecule has 0 radical (unpaired) electrons. The zero-order valence-corrected chi connectivity index (χ0v) is 13.9. The maximum absolute atomic E-state index is 12.6. The molecule has 2 heterocycles. The van der Waals surface area contributed by atoms with Crippen LogP contribution in [0.1, 0.15) is 18.4 Å². The molecule has 0 spiro atoms. The number of hydrogen-bond acceptors (Lipinski definition) is 5. The fourth-order valence-corrected chi connectivity index (χ4v) is 2.97. The third kappa shape index (κ3) is 3.73. The van der Waals surface area contributed by atoms with Crippen LogP contribution in [0.3, 0.4) is 0 Å². The van der Waals surface area contributed by atoms with Gasteiger partial charge in [-0.15, -0.1) is 0 Å². The smallest absolute Gasteiger partial charge is 0.322 e. The quantitative estimate of drug-likeness (QED) is 0.880. The average Bonchev–Trinajstić information content (AvgIpc) is 3.28. The number of pyridine rings is 1. The molecule has 0 saturated heterocycles. The predicted molar refractivity (Wildman–Crippen MR) is 89.2 cm³/mol. The van der Waals surface area contributed by atoms with Crippen molar-refractivity contribution in [1.82, 2.24) is 9.88 Å². The molecule has 0 unspecified atom stereocenters. The van der Waals surface area contributed by atoms with E-state index < -0.39 is 0 Å². The van der Waals surface area contributed by atoms with Crippen molar-refractivity contribution in [2.45, 2.75) is 25.4 Å². The van der Waals surface area contributed by atoms with E-state index in [-0.39, 0.29) is 6.03 Å². The Morgan fingerprint density at radius 2 is 2.17 bits per heavy atom. The van der Waals surface area contributed by atoms with Gasteiger partial charge in [0.25, 0.3) is 0 Å². The van der Waals surface area contributed by atoms with Crippen molar-refractivity contribution in [2.75, 3.05) is 19.5 Å². The molecule has 1 fully saturated rings. The number of methoxy groups -OCH3 is 2. The summed E-state index contributed by atoms with van der Waals surface area (Å²) in [6.45, 7) is 0.617. The molecular weight excluding hydrogens is 314 g/mol. The standard InChI is InChI=1S/C16H19N3O3S/c1-21-14-6-5-13(15(18-14)22-2)17-16(20)19(12-3-4-12)9-11-7-8-23-10-11/h5-8,10,12H,3-4,9H2,1-2H3,(H,17,20). The Kier molecular flexibility index (Phi) is 4.66. The first-order valence-electron chi connectivity index (χ1n) is 7.39. The first-order chi connectivity index (χ1) is 11.2. The lowest BCUT2D eigenvalue weighted by atomic mass is 10.3. The summed E-state index contributed by atoms with van der Waals surface area (Å²) < 4.78 is 10.3. The lowest BCUT2D eigenvalue weighted by molar-refractivity contribution is 0.206. The fraction of sp³-hybridized carbons (Fsp3) is 0.375. The van der Waals surface area contributed by atoms with Gasteiger partial charge in [0, 0.05) is 18.7 Å². The number of thiophene rings is 1. The summed E-state index contributed by atoms with van der Waals surface area (Å²) in [5.74, 6) is 0.779. The maximum atomic E-state index is 12.6. The lowest BCUT2D eigenvalue weighted by Gasteiger charge is -2.23. The summed E-state index contributed by atoms with van der Waals surface area (Å²) in [6.07, 6.45) is 2.10. The summed E-state index contributed by atoms with van der Waals surface area (Å²) in [5.41, 5.74) is 1.69. The van der Waals surface area contributed by atoms with Crippen molar-refractivity contribution in [3.05, 3.63) is 34.5 Å². The molecule has 2 aromatic heterocycles. The number of carbonyl (C=O) groups is 1. The van der Waals surface area contributed by atoms with Crippen LogP contribution in [-0.4, -0.2) is 36.2 Å². The van der Waals surface area contributed by atoms with Crippen molar-refractivity contribution in [1.29, 1.82) is 0 Å². The molecule has 122 valence electrons. The topological polar surface area (TPSA) is 63.7 Å². The van der Waals surface area contributed by atoms with Crippen LogP contribution >= 0.6 is 11.3 Å². The minimum atomic E-state index is -0.135. The minimum absolute atomic E-state index is 0.135. The van der Waals surface area contributed by atoms with E-state index in [1.807, 2.05) is 16.3 Å². The van der Waals surface area contributed by atoms with Crippen molar-refractivity contribution in [2.24, 2.45) is 0 Å². The summed E-state index contributed by atoms with van der Waals surface area (Å²) in [6, 6.07) is 5.65. The van der Waals surface area contributed by atoms with Crippen molar-refractivity contribution in [3.8, 4) is 11.8 Å². The Hall–Kier alpha value is -2.28. The van der Waals surface area contributed by atoms with Crippen molar-refractivity contribution >= 4 is 23.1 Å². The molecule has 7 heteroatoms. The van der Waals surface area contributed by atoms with Crippen LogP contribution < -0.4 is 14.8 Å². The first kappa shape index (κ1) is 15.6. The molecule has 2 aromatic rings. The van der Waals surface area contributed by atoms with Gasteiger partial charge < -0.3 is 19.7 Å². The van der Waals surface area contributed by atoms with Crippen LogP contribution in [0.2, 0.25) is 0 Å². The molecule has 0 bridgehead atoms. The van der Waals surface area contributed by atoms with Gasteiger partial charge in [0.05, 0.1) is 14.2 Å². The van der Waals surface area contributed by atoms with Crippen LogP contribution in [0.5, 0.6) is 11.8 Å². The second-order valence-electron chi connectivity index (χ2n) is 5.33. The van der Waals surface area contributed by atoms with E-state index in [0.29, 0.717) is 30.0 Å². The van der Waals surface area contributed by atoms with E-state index in [1.165, 1.54) is 14.2 Å². The zero-order chi connectivity index (χ0) is 16.2. The number of nitrogens with zero attached hydrogens (tertiary/aromatic N) is 2. The minimum Gasteiger partial charge on any atom is -0.481 e. The third-order valence-electron chi connectivity index (χ3n) is 3.66. The van der Waals surface area contributed by atoms with Gasteiger partial charge in [-0.1, -0.05) is 0 Å². The normalized spacial score (nSPS) is 13.5. The number of ether oxygens (including phenoxy) is 2. The van der Waals surface area contributed by atoms with E-state index in [9.17, 15) is 4.79 Å². The van der Waals surface area contributed by atoms with E-state index in [4.69, 9.17) is 9.47 Å². The Labute approximate surface area is 139 Å². The van der Waals surface area contributed by atoms with Crippen molar-refractivity contribution in [3.63, 3.8) is 0 Å². The van der Waals surface area contributed by atoms with Gasteiger partial charge in [0.2, 0.25) is 11.8 Å². The predicted octanol–water partition coefficient (Wildman–Crippen LogP) is 3.36. The monoisotopic (exact) mass is 333 g/mol. The molecular formula is C16H19N3O3S. The van der Waals surface area contributed by atoms with Gasteiger partial charge >= 0.3 is 6.03 Å². The largest absolute Gasteiger partial charge is 0.481 e. The molecule has 3 rings (SSSR count). The third-order valence-corrected chi connectivity index (χ3v) is 4.39. The van der Waals surface area contributed by atoms with Gasteiger partial charge in [-0.3, -0.25) is 0 Å². The molecule has 1 saturated carbocycles. The number of aromatic nitrogens is 1. The second-order valence-corrected chi connectivity index (χ2v) is 6.11. The summed E-state index contributed by atoms with van der Waals surface area (Å²) in [4.78, 5) is 18.7. The molecule has 0 aromatic carbocycles. The molecule has 0 aliphatic heterocycles. The van der Waals surface area contributed by atoms with E-state index >= 15 is 0 Å². The number of carbonyl (C=O) groups excluding carboxylic acids is 1. The zero-order valence-electron chi connectivity index (χ0n) is 13.1. The van der Waals surface area contributed by atoms with Crippen molar-refractivity contribution < 1.29 is 14.3 Å². The number of urea groups is 1. The second kappa shape index (κ2) is 6.87. The Morgan fingerprint density at radius 3 is 2.78 bits per heavy atom. The highest BCUT2D eigenvalue weighted by molar-refractivity contribution is 7.07. The first-order valence-corrected chi connectivity index (χ1v) is 8.33. The molecule has 1 aliphatic carbocycles. The highest BCUT2D eigenvalue weighted by Crippen LogP contribution is 2.31. The highest BCUT2D eigenvalue weighted by atomic mass is 32.1. The molecule has 23 heavy (non-hydrogen) atoms. The van der Waals surface area contributed by atoms with Crippen LogP contribution in [0, 0.1) is 0 Å². The number of nitrogens with one attached hydrogen (secondary N) is 1. The lowest BCUT2D eigenvalue weighted by Crippen LogP contribution is -2.36. The molecule has 1 aliphatic rings. The molecule has 2 amide bonds. The van der Waals surface area contributed by atoms with Crippen LogP contribution in [-0.2, 0) is 6.54 Å². The van der Waals surface area contributed by atoms with Gasteiger partial charge in [-0.05, 0) is 41.3 Å². The van der Waals surface area contributed by atoms with Gasteiger partial charge in [0.1, 0.15) is 5.69 Å². The van der Waals surface area contributed by atoms with Gasteiger partial charge in [-0.25, -0.2) is 4.79 Å². The van der Waals surface area contributed by atoms with Gasteiger partial charge in [0.15, 0.2) is 0 Å². The maximum Gasteiger partial charge on any atom is 0.322 e. The summed E-state index contributed by atoms with van der Waals surface area (Å²) in [7, 11) is 3.05. The van der Waals surface area contributed by atoms with Gasteiger partial charge in [-0.2, -0.15) is 16.3 Å². The fourth-order valence-electron chi connectivity index (χ4n) is 2.31. The van der Waals surface area contributed by atoms with E-state index in [1.54, 1.807) is 23.5 Å². The number of anilines is 1. The van der Waals surface area contributed by atoms with Crippen LogP contribution in [0.4, 0.5) is 10.5 Å². The molecule has 1 N–H and O–H groups in total. The van der Waals surface area contributed by atoms with E-state index in [0.717, 1.165) is 18.4 Å². The molecule has 6 nitrogen and oxygen atoms in total. The Morgan fingerprint density at radius 1 is 1.35 bits per heavy atom. The average molecular weight is 333 g/mol. The number of amides is 2. The SMILES string of the molecule is COc1ccc(NC(=O)N(Cc2ccsc2)C2CC2)c(OC)n1.